The lowest BCUT2D eigenvalue weighted by Gasteiger charge is -2.25. The van der Waals surface area contributed by atoms with E-state index < -0.39 is 0 Å². The maximum absolute atomic E-state index is 3.58. The molecule has 0 spiro atoms. The second kappa shape index (κ2) is 7.46. The first-order chi connectivity index (χ1) is 9.72. The fraction of sp³-hybridized carbons (Fsp3) is 0.412. The maximum Gasteiger partial charge on any atom is 0.0519 e. The van der Waals surface area contributed by atoms with Crippen molar-refractivity contribution in [2.45, 2.75) is 32.9 Å². The van der Waals surface area contributed by atoms with Crippen molar-refractivity contribution in [3.05, 3.63) is 52.2 Å². The third-order valence-corrected chi connectivity index (χ3v) is 4.35. The summed E-state index contributed by atoms with van der Waals surface area (Å²) < 4.78 is 0. The molecule has 1 aromatic heterocycles. The van der Waals surface area contributed by atoms with Gasteiger partial charge in [0.25, 0.3) is 0 Å². The average molecular weight is 288 g/mol. The molecule has 1 heterocycles. The van der Waals surface area contributed by atoms with Crippen LogP contribution in [0.25, 0.3) is 0 Å². The molecule has 0 radical (unpaired) electrons. The van der Waals surface area contributed by atoms with E-state index in [1.165, 1.54) is 16.1 Å². The predicted octanol–water partition coefficient (Wildman–Crippen LogP) is 4.45. The minimum absolute atomic E-state index is 0.386. The van der Waals surface area contributed by atoms with Gasteiger partial charge in [-0.05, 0) is 43.0 Å². The van der Waals surface area contributed by atoms with Gasteiger partial charge in [-0.2, -0.15) is 0 Å². The summed E-state index contributed by atoms with van der Waals surface area (Å²) in [4.78, 5) is 3.74. The molecule has 0 amide bonds. The number of rotatable bonds is 7. The minimum atomic E-state index is 0.386. The van der Waals surface area contributed by atoms with Crippen LogP contribution in [-0.4, -0.2) is 13.6 Å². The Morgan fingerprint density at radius 2 is 2.00 bits per heavy atom. The Hall–Kier alpha value is -1.32. The van der Waals surface area contributed by atoms with Gasteiger partial charge in [-0.1, -0.05) is 31.2 Å². The van der Waals surface area contributed by atoms with Crippen LogP contribution in [0.1, 0.15) is 36.8 Å². The zero-order chi connectivity index (χ0) is 14.4. The molecule has 0 aliphatic rings. The zero-order valence-corrected chi connectivity index (χ0v) is 13.4. The third kappa shape index (κ3) is 3.84. The lowest BCUT2D eigenvalue weighted by Crippen LogP contribution is -2.23. The van der Waals surface area contributed by atoms with E-state index in [1.807, 2.05) is 11.3 Å². The van der Waals surface area contributed by atoms with Crippen molar-refractivity contribution in [3.63, 3.8) is 0 Å². The summed E-state index contributed by atoms with van der Waals surface area (Å²) in [5.41, 5.74) is 2.69. The highest BCUT2D eigenvalue weighted by atomic mass is 32.1. The summed E-state index contributed by atoms with van der Waals surface area (Å²) in [6.07, 6.45) is 1.16. The highest BCUT2D eigenvalue weighted by Gasteiger charge is 2.12. The zero-order valence-electron chi connectivity index (χ0n) is 12.6. The molecule has 1 unspecified atom stereocenters. The maximum atomic E-state index is 3.58. The Kier molecular flexibility index (Phi) is 5.62. The van der Waals surface area contributed by atoms with E-state index in [0.717, 1.165) is 19.5 Å². The molecule has 20 heavy (non-hydrogen) atoms. The Morgan fingerprint density at radius 3 is 2.70 bits per heavy atom. The Labute approximate surface area is 126 Å². The highest BCUT2D eigenvalue weighted by molar-refractivity contribution is 7.09. The fourth-order valence-electron chi connectivity index (χ4n) is 2.39. The number of thiophene rings is 1. The van der Waals surface area contributed by atoms with E-state index >= 15 is 0 Å². The van der Waals surface area contributed by atoms with E-state index in [2.05, 4.69) is 72.9 Å². The summed E-state index contributed by atoms with van der Waals surface area (Å²) in [6, 6.07) is 13.4. The van der Waals surface area contributed by atoms with Crippen LogP contribution in [0.4, 0.5) is 5.69 Å². The van der Waals surface area contributed by atoms with Crippen LogP contribution in [0.2, 0.25) is 0 Å². The number of para-hydroxylation sites is 1. The van der Waals surface area contributed by atoms with Gasteiger partial charge in [-0.15, -0.1) is 11.3 Å². The van der Waals surface area contributed by atoms with Crippen LogP contribution in [-0.2, 0) is 6.54 Å². The first-order valence-electron chi connectivity index (χ1n) is 7.28. The highest BCUT2D eigenvalue weighted by Crippen LogP contribution is 2.27. The molecule has 2 aromatic rings. The summed E-state index contributed by atoms with van der Waals surface area (Å²) in [6.45, 7) is 6.47. The summed E-state index contributed by atoms with van der Waals surface area (Å²) >= 11 is 1.82. The van der Waals surface area contributed by atoms with Gasteiger partial charge >= 0.3 is 0 Å². The van der Waals surface area contributed by atoms with E-state index in [-0.39, 0.29) is 0 Å². The van der Waals surface area contributed by atoms with Gasteiger partial charge in [0, 0.05) is 23.7 Å². The SMILES string of the molecule is CCCNC(C)c1ccccc1N(C)Cc1cccs1. The van der Waals surface area contributed by atoms with Crippen LogP contribution < -0.4 is 10.2 Å². The van der Waals surface area contributed by atoms with Crippen LogP contribution in [0.3, 0.4) is 0 Å². The second-order valence-electron chi connectivity index (χ2n) is 5.17. The first kappa shape index (κ1) is 15.1. The molecule has 1 N–H and O–H groups in total. The van der Waals surface area contributed by atoms with Crippen LogP contribution >= 0.6 is 11.3 Å². The molecule has 108 valence electrons. The van der Waals surface area contributed by atoms with Gasteiger partial charge in [-0.25, -0.2) is 0 Å². The largest absolute Gasteiger partial charge is 0.369 e. The molecule has 0 fully saturated rings. The number of nitrogens with one attached hydrogen (secondary N) is 1. The quantitative estimate of drug-likeness (QED) is 0.810. The average Bonchev–Trinajstić information content (AvgIpc) is 2.97. The number of anilines is 1. The lowest BCUT2D eigenvalue weighted by molar-refractivity contribution is 0.570. The summed E-state index contributed by atoms with van der Waals surface area (Å²) in [7, 11) is 2.17. The monoisotopic (exact) mass is 288 g/mol. The summed E-state index contributed by atoms with van der Waals surface area (Å²) in [5, 5.41) is 5.72. The molecule has 2 rings (SSSR count). The van der Waals surface area contributed by atoms with Crippen molar-refractivity contribution in [1.82, 2.24) is 5.32 Å². The van der Waals surface area contributed by atoms with E-state index in [4.69, 9.17) is 0 Å². The van der Waals surface area contributed by atoms with Crippen LogP contribution in [0.5, 0.6) is 0 Å². The third-order valence-electron chi connectivity index (χ3n) is 3.49. The molecular formula is C17H24N2S. The Bertz CT molecular complexity index is 507. The van der Waals surface area contributed by atoms with Gasteiger partial charge in [0.15, 0.2) is 0 Å². The molecule has 0 saturated heterocycles. The van der Waals surface area contributed by atoms with Gasteiger partial charge < -0.3 is 10.2 Å². The topological polar surface area (TPSA) is 15.3 Å². The molecule has 0 aliphatic heterocycles. The van der Waals surface area contributed by atoms with E-state index in [1.54, 1.807) is 0 Å². The Balaban J connectivity index is 2.14. The smallest absolute Gasteiger partial charge is 0.0519 e. The minimum Gasteiger partial charge on any atom is -0.369 e. The van der Waals surface area contributed by atoms with Crippen molar-refractivity contribution >= 4 is 17.0 Å². The van der Waals surface area contributed by atoms with Crippen molar-refractivity contribution in [2.75, 3.05) is 18.5 Å². The number of hydrogen-bond acceptors (Lipinski definition) is 3. The van der Waals surface area contributed by atoms with Gasteiger partial charge in [0.2, 0.25) is 0 Å². The normalized spacial score (nSPS) is 12.3. The molecule has 2 nitrogen and oxygen atoms in total. The van der Waals surface area contributed by atoms with Gasteiger partial charge in [0.1, 0.15) is 0 Å². The van der Waals surface area contributed by atoms with E-state index in [0.29, 0.717) is 6.04 Å². The predicted molar refractivity (Wildman–Crippen MR) is 89.6 cm³/mol. The Morgan fingerprint density at radius 1 is 1.20 bits per heavy atom. The first-order valence-corrected chi connectivity index (χ1v) is 8.16. The lowest BCUT2D eigenvalue weighted by atomic mass is 10.1. The molecule has 0 aliphatic carbocycles. The van der Waals surface area contributed by atoms with Crippen molar-refractivity contribution in [1.29, 1.82) is 0 Å². The standard InChI is InChI=1S/C17H24N2S/c1-4-11-18-14(2)16-9-5-6-10-17(16)19(3)13-15-8-7-12-20-15/h5-10,12,14,18H,4,11,13H2,1-3H3. The molecule has 0 saturated carbocycles. The number of benzene rings is 1. The molecule has 1 aromatic carbocycles. The van der Waals surface area contributed by atoms with Crippen molar-refractivity contribution in [2.24, 2.45) is 0 Å². The molecule has 1 atom stereocenters. The van der Waals surface area contributed by atoms with Crippen molar-refractivity contribution in [3.8, 4) is 0 Å². The molecular weight excluding hydrogens is 264 g/mol. The summed E-state index contributed by atoms with van der Waals surface area (Å²) in [5.74, 6) is 0. The number of nitrogens with zero attached hydrogens (tertiary/aromatic N) is 1. The van der Waals surface area contributed by atoms with Gasteiger partial charge in [0.05, 0.1) is 6.54 Å². The molecule has 0 bridgehead atoms. The van der Waals surface area contributed by atoms with E-state index in [9.17, 15) is 0 Å². The van der Waals surface area contributed by atoms with Gasteiger partial charge in [-0.3, -0.25) is 0 Å². The second-order valence-corrected chi connectivity index (χ2v) is 6.20. The molecule has 3 heteroatoms. The van der Waals surface area contributed by atoms with Crippen molar-refractivity contribution < 1.29 is 0 Å². The van der Waals surface area contributed by atoms with Crippen LogP contribution in [0, 0.1) is 0 Å². The fourth-order valence-corrected chi connectivity index (χ4v) is 3.15. The van der Waals surface area contributed by atoms with Crippen LogP contribution in [0.15, 0.2) is 41.8 Å². The number of hydrogen-bond donors (Lipinski definition) is 1.